The standard InChI is InChI=1S/C7H6F2O3S.Na/c1-12-4-2-5(8)7(13(10)11)6(9)3-4;/h2-3H,1H3,(H,10,11);/q;+1/p-1. The summed E-state index contributed by atoms with van der Waals surface area (Å²) in [4.78, 5) is -0.971. The molecule has 0 bridgehead atoms. The second-order valence-corrected chi connectivity index (χ2v) is 3.03. The molecule has 0 aliphatic heterocycles. The van der Waals surface area contributed by atoms with E-state index in [0.29, 0.717) is 0 Å². The largest absolute Gasteiger partial charge is 1.00 e. The van der Waals surface area contributed by atoms with Crippen LogP contribution in [0.25, 0.3) is 0 Å². The van der Waals surface area contributed by atoms with Gasteiger partial charge in [0.05, 0.1) is 12.0 Å². The fourth-order valence-electron chi connectivity index (χ4n) is 0.814. The quantitative estimate of drug-likeness (QED) is 0.445. The first-order chi connectivity index (χ1) is 6.06. The van der Waals surface area contributed by atoms with Gasteiger partial charge in [-0.05, 0) is 11.1 Å². The summed E-state index contributed by atoms with van der Waals surface area (Å²) >= 11 is -2.92. The third-order valence-electron chi connectivity index (χ3n) is 1.37. The zero-order valence-electron chi connectivity index (χ0n) is 7.54. The molecular formula is C7H5F2NaO3S. The average Bonchev–Trinajstić information content (AvgIpc) is 2.02. The summed E-state index contributed by atoms with van der Waals surface area (Å²) in [5.74, 6) is -2.39. The summed E-state index contributed by atoms with van der Waals surface area (Å²) < 4.78 is 50.8. The van der Waals surface area contributed by atoms with E-state index in [1.165, 1.54) is 7.11 Å². The van der Waals surface area contributed by atoms with Gasteiger partial charge >= 0.3 is 29.6 Å². The third-order valence-corrected chi connectivity index (χ3v) is 2.10. The Morgan fingerprint density at radius 2 is 1.79 bits per heavy atom. The molecule has 0 aromatic heterocycles. The Morgan fingerprint density at radius 1 is 1.36 bits per heavy atom. The zero-order chi connectivity index (χ0) is 10.0. The molecule has 1 unspecified atom stereocenters. The minimum Gasteiger partial charge on any atom is -0.768 e. The minimum absolute atomic E-state index is 0. The maximum Gasteiger partial charge on any atom is 1.00 e. The van der Waals surface area contributed by atoms with Crippen LogP contribution >= 0.6 is 0 Å². The fourth-order valence-corrected chi connectivity index (χ4v) is 1.25. The number of halogens is 2. The van der Waals surface area contributed by atoms with Gasteiger partial charge in [0.15, 0.2) is 0 Å². The summed E-state index contributed by atoms with van der Waals surface area (Å²) in [5, 5.41) is 0. The molecule has 14 heavy (non-hydrogen) atoms. The van der Waals surface area contributed by atoms with Crippen molar-refractivity contribution in [1.29, 1.82) is 0 Å². The Kier molecular flexibility index (Phi) is 5.77. The van der Waals surface area contributed by atoms with E-state index in [1.807, 2.05) is 0 Å². The second kappa shape index (κ2) is 5.77. The molecule has 0 radical (unpaired) electrons. The van der Waals surface area contributed by atoms with Crippen LogP contribution in [0.1, 0.15) is 0 Å². The van der Waals surface area contributed by atoms with Crippen molar-refractivity contribution in [1.82, 2.24) is 0 Å². The van der Waals surface area contributed by atoms with Gasteiger partial charge < -0.3 is 9.29 Å². The van der Waals surface area contributed by atoms with Gasteiger partial charge in [0, 0.05) is 12.1 Å². The molecule has 72 valence electrons. The van der Waals surface area contributed by atoms with Crippen LogP contribution in [-0.2, 0) is 11.1 Å². The van der Waals surface area contributed by atoms with Crippen LogP contribution in [0.4, 0.5) is 8.78 Å². The van der Waals surface area contributed by atoms with Gasteiger partial charge in [-0.1, -0.05) is 0 Å². The zero-order valence-corrected chi connectivity index (χ0v) is 10.4. The van der Waals surface area contributed by atoms with Crippen LogP contribution in [-0.4, -0.2) is 15.9 Å². The first kappa shape index (κ1) is 14.0. The molecule has 3 nitrogen and oxygen atoms in total. The van der Waals surface area contributed by atoms with Crippen molar-refractivity contribution in [2.75, 3.05) is 7.11 Å². The predicted octanol–water partition coefficient (Wildman–Crippen LogP) is -1.78. The normalized spacial score (nSPS) is 11.7. The number of hydrogen-bond acceptors (Lipinski definition) is 3. The molecule has 0 aliphatic carbocycles. The molecule has 1 atom stereocenters. The molecular weight excluding hydrogens is 225 g/mol. The van der Waals surface area contributed by atoms with E-state index in [9.17, 15) is 17.5 Å². The van der Waals surface area contributed by atoms with Crippen molar-refractivity contribution in [2.24, 2.45) is 0 Å². The Bertz CT molecular complexity index is 336. The van der Waals surface area contributed by atoms with Gasteiger partial charge in [0.25, 0.3) is 0 Å². The van der Waals surface area contributed by atoms with Crippen LogP contribution in [0.15, 0.2) is 17.0 Å². The molecule has 0 aliphatic rings. The van der Waals surface area contributed by atoms with Crippen molar-refractivity contribution in [3.8, 4) is 5.75 Å². The first-order valence-corrected chi connectivity index (χ1v) is 4.26. The molecule has 0 amide bonds. The molecule has 1 aromatic carbocycles. The second-order valence-electron chi connectivity index (χ2n) is 2.15. The Balaban J connectivity index is 0.00000169. The molecule has 0 saturated heterocycles. The molecule has 0 saturated carbocycles. The number of ether oxygens (including phenoxy) is 1. The number of benzene rings is 1. The van der Waals surface area contributed by atoms with Crippen molar-refractivity contribution < 1.29 is 51.8 Å². The van der Waals surface area contributed by atoms with Gasteiger partial charge in [-0.15, -0.1) is 0 Å². The van der Waals surface area contributed by atoms with Gasteiger partial charge in [-0.25, -0.2) is 8.78 Å². The van der Waals surface area contributed by atoms with E-state index < -0.39 is 27.6 Å². The van der Waals surface area contributed by atoms with Gasteiger partial charge in [-0.3, -0.25) is 4.21 Å². The Hall–Kier alpha value is -0.0100. The number of methoxy groups -OCH3 is 1. The van der Waals surface area contributed by atoms with Crippen LogP contribution in [0.5, 0.6) is 5.75 Å². The van der Waals surface area contributed by atoms with Gasteiger partial charge in [0.2, 0.25) is 0 Å². The molecule has 1 aromatic rings. The van der Waals surface area contributed by atoms with E-state index in [0.717, 1.165) is 12.1 Å². The van der Waals surface area contributed by atoms with Crippen LogP contribution in [0, 0.1) is 11.6 Å². The van der Waals surface area contributed by atoms with Crippen LogP contribution in [0.3, 0.4) is 0 Å². The summed E-state index contributed by atoms with van der Waals surface area (Å²) in [6, 6.07) is 1.60. The van der Waals surface area contributed by atoms with Gasteiger partial charge in [-0.2, -0.15) is 0 Å². The SMILES string of the molecule is COc1cc(F)c(S(=O)[O-])c(F)c1.[Na+]. The van der Waals surface area contributed by atoms with Crippen LogP contribution < -0.4 is 34.3 Å². The molecule has 0 heterocycles. The van der Waals surface area contributed by atoms with Crippen molar-refractivity contribution in [2.45, 2.75) is 4.90 Å². The van der Waals surface area contributed by atoms with E-state index in [1.54, 1.807) is 0 Å². The number of hydrogen-bond donors (Lipinski definition) is 0. The summed E-state index contributed by atoms with van der Waals surface area (Å²) in [7, 11) is 1.22. The summed E-state index contributed by atoms with van der Waals surface area (Å²) in [6.45, 7) is 0. The smallest absolute Gasteiger partial charge is 0.768 e. The minimum atomic E-state index is -2.92. The molecule has 1 rings (SSSR count). The van der Waals surface area contributed by atoms with Crippen molar-refractivity contribution in [3.63, 3.8) is 0 Å². The van der Waals surface area contributed by atoms with Crippen molar-refractivity contribution >= 4 is 11.1 Å². The molecule has 0 N–H and O–H groups in total. The Labute approximate surface area is 104 Å². The monoisotopic (exact) mass is 230 g/mol. The fraction of sp³-hybridized carbons (Fsp3) is 0.143. The summed E-state index contributed by atoms with van der Waals surface area (Å²) in [6.07, 6.45) is 0. The van der Waals surface area contributed by atoms with Crippen molar-refractivity contribution in [3.05, 3.63) is 23.8 Å². The third kappa shape index (κ3) is 2.99. The van der Waals surface area contributed by atoms with E-state index >= 15 is 0 Å². The van der Waals surface area contributed by atoms with E-state index in [-0.39, 0.29) is 35.3 Å². The average molecular weight is 230 g/mol. The maximum atomic E-state index is 12.8. The maximum absolute atomic E-state index is 12.8. The molecule has 0 spiro atoms. The van der Waals surface area contributed by atoms with E-state index in [4.69, 9.17) is 0 Å². The molecule has 0 fully saturated rings. The number of rotatable bonds is 2. The first-order valence-electron chi connectivity index (χ1n) is 3.18. The van der Waals surface area contributed by atoms with Gasteiger partial charge in [0.1, 0.15) is 17.4 Å². The van der Waals surface area contributed by atoms with Crippen LogP contribution in [0.2, 0.25) is 0 Å². The summed E-state index contributed by atoms with van der Waals surface area (Å²) in [5.41, 5.74) is 0. The topological polar surface area (TPSA) is 49.4 Å². The predicted molar refractivity (Wildman–Crippen MR) is 40.1 cm³/mol. The Morgan fingerprint density at radius 3 is 2.07 bits per heavy atom. The van der Waals surface area contributed by atoms with E-state index in [2.05, 4.69) is 4.74 Å². The molecule has 7 heteroatoms.